The average Bonchev–Trinajstić information content (AvgIpc) is 3.59. The summed E-state index contributed by atoms with van der Waals surface area (Å²) in [7, 11) is 1.97. The molecule has 0 spiro atoms. The maximum atomic E-state index is 13.0. The molecule has 5 rings (SSSR count). The van der Waals surface area contributed by atoms with Crippen molar-refractivity contribution >= 4 is 16.8 Å². The van der Waals surface area contributed by atoms with Gasteiger partial charge in [0.2, 0.25) is 5.91 Å². The molecule has 0 aliphatic carbocycles. The molecule has 2 saturated heterocycles. The van der Waals surface area contributed by atoms with Crippen molar-refractivity contribution < 1.29 is 4.79 Å². The van der Waals surface area contributed by atoms with E-state index in [1.807, 2.05) is 18.0 Å². The second-order valence-electron chi connectivity index (χ2n) is 10.6. The second-order valence-corrected chi connectivity index (χ2v) is 10.6. The molecule has 1 aromatic heterocycles. The van der Waals surface area contributed by atoms with Crippen LogP contribution in [0.15, 0.2) is 60.8 Å². The van der Waals surface area contributed by atoms with E-state index in [1.165, 1.54) is 55.3 Å². The Hall–Kier alpha value is -2.63. The molecule has 5 heteroatoms. The molecule has 2 aromatic carbocycles. The molecule has 2 fully saturated rings. The van der Waals surface area contributed by atoms with Crippen molar-refractivity contribution in [3.05, 3.63) is 71.9 Å². The molecule has 0 bridgehead atoms. The Labute approximate surface area is 210 Å². The highest BCUT2D eigenvalue weighted by Crippen LogP contribution is 2.40. The highest BCUT2D eigenvalue weighted by Gasteiger charge is 2.42. The molecule has 5 nitrogen and oxygen atoms in total. The number of nitrogens with one attached hydrogen (secondary N) is 1. The number of aromatic nitrogens is 1. The van der Waals surface area contributed by atoms with E-state index in [-0.39, 0.29) is 17.4 Å². The summed E-state index contributed by atoms with van der Waals surface area (Å²) < 4.78 is 0. The van der Waals surface area contributed by atoms with E-state index in [0.29, 0.717) is 6.42 Å². The van der Waals surface area contributed by atoms with Crippen LogP contribution in [0.5, 0.6) is 0 Å². The highest BCUT2D eigenvalue weighted by atomic mass is 16.2. The number of hydrogen-bond donors (Lipinski definition) is 1. The smallest absolute Gasteiger partial charge is 0.222 e. The van der Waals surface area contributed by atoms with Crippen molar-refractivity contribution in [3.8, 4) is 0 Å². The monoisotopic (exact) mass is 472 g/mol. The first kappa shape index (κ1) is 24.1. The number of hydrogen-bond acceptors (Lipinski definition) is 3. The summed E-state index contributed by atoms with van der Waals surface area (Å²) in [5, 5.41) is 1.23. The number of H-pyrrole nitrogens is 1. The van der Waals surface area contributed by atoms with E-state index < -0.39 is 0 Å². The lowest BCUT2D eigenvalue weighted by Crippen LogP contribution is -2.53. The lowest BCUT2D eigenvalue weighted by Gasteiger charge is -2.48. The molecule has 2 aliphatic heterocycles. The van der Waals surface area contributed by atoms with Gasteiger partial charge >= 0.3 is 0 Å². The quantitative estimate of drug-likeness (QED) is 0.490. The minimum Gasteiger partial charge on any atom is -0.361 e. The van der Waals surface area contributed by atoms with Gasteiger partial charge in [-0.2, -0.15) is 0 Å². The number of carbonyl (C=O) groups excluding carboxylic acids is 1. The highest BCUT2D eigenvalue weighted by molar-refractivity contribution is 5.85. The van der Waals surface area contributed by atoms with E-state index in [1.54, 1.807) is 0 Å². The van der Waals surface area contributed by atoms with Crippen LogP contribution in [0.2, 0.25) is 0 Å². The van der Waals surface area contributed by atoms with Crippen LogP contribution in [0.1, 0.15) is 56.1 Å². The zero-order chi connectivity index (χ0) is 24.3. The van der Waals surface area contributed by atoms with Crippen LogP contribution in [0.3, 0.4) is 0 Å². The maximum Gasteiger partial charge on any atom is 0.222 e. The Kier molecular flexibility index (Phi) is 7.26. The van der Waals surface area contributed by atoms with Crippen LogP contribution < -0.4 is 0 Å². The van der Waals surface area contributed by atoms with Gasteiger partial charge in [-0.3, -0.25) is 9.69 Å². The third-order valence-corrected chi connectivity index (χ3v) is 8.52. The van der Waals surface area contributed by atoms with E-state index in [4.69, 9.17) is 0 Å². The Bertz CT molecular complexity index is 1110. The number of rotatable bonds is 8. The molecule has 35 heavy (non-hydrogen) atoms. The second kappa shape index (κ2) is 10.5. The fraction of sp³-hybridized carbons (Fsp3) is 0.500. The summed E-state index contributed by atoms with van der Waals surface area (Å²) >= 11 is 0. The number of piperidine rings is 1. The van der Waals surface area contributed by atoms with Gasteiger partial charge in [0, 0.05) is 62.3 Å². The van der Waals surface area contributed by atoms with Crippen LogP contribution in [0.4, 0.5) is 0 Å². The van der Waals surface area contributed by atoms with E-state index in [2.05, 4.69) is 76.4 Å². The van der Waals surface area contributed by atoms with Gasteiger partial charge in [-0.25, -0.2) is 0 Å². The molecule has 2 aliphatic rings. The number of benzene rings is 2. The Balaban J connectivity index is 1.14. The summed E-state index contributed by atoms with van der Waals surface area (Å²) in [4.78, 5) is 23.6. The minimum absolute atomic E-state index is 0.185. The fourth-order valence-electron chi connectivity index (χ4n) is 6.27. The van der Waals surface area contributed by atoms with E-state index in [0.717, 1.165) is 31.7 Å². The van der Waals surface area contributed by atoms with Crippen molar-refractivity contribution in [2.45, 2.75) is 50.5 Å². The molecule has 0 radical (unpaired) electrons. The minimum atomic E-state index is 0.185. The summed E-state index contributed by atoms with van der Waals surface area (Å²) in [6, 6.07) is 19.5. The molecular weight excluding hydrogens is 432 g/mol. The topological polar surface area (TPSA) is 42.6 Å². The zero-order valence-corrected chi connectivity index (χ0v) is 21.4. The molecule has 1 atom stereocenters. The van der Waals surface area contributed by atoms with Crippen molar-refractivity contribution in [1.82, 2.24) is 19.7 Å². The van der Waals surface area contributed by atoms with E-state index in [9.17, 15) is 4.79 Å². The van der Waals surface area contributed by atoms with Crippen LogP contribution in [0.25, 0.3) is 10.9 Å². The van der Waals surface area contributed by atoms with Gasteiger partial charge in [0.05, 0.1) is 0 Å². The van der Waals surface area contributed by atoms with Crippen molar-refractivity contribution in [2.24, 2.45) is 0 Å². The largest absolute Gasteiger partial charge is 0.361 e. The molecular formula is C30H40N4O. The van der Waals surface area contributed by atoms with Crippen LogP contribution in [-0.4, -0.2) is 71.9 Å². The summed E-state index contributed by atoms with van der Waals surface area (Å²) in [5.74, 6) is 0.429. The van der Waals surface area contributed by atoms with Gasteiger partial charge in [-0.15, -0.1) is 0 Å². The van der Waals surface area contributed by atoms with Crippen molar-refractivity contribution in [2.75, 3.05) is 46.3 Å². The molecule has 186 valence electrons. The number of carbonyl (C=O) groups is 1. The molecule has 0 saturated carbocycles. The first-order valence-corrected chi connectivity index (χ1v) is 13.4. The Morgan fingerprint density at radius 1 is 1.00 bits per heavy atom. The fourth-order valence-corrected chi connectivity index (χ4v) is 6.27. The van der Waals surface area contributed by atoms with Crippen molar-refractivity contribution in [1.29, 1.82) is 0 Å². The number of nitrogens with zero attached hydrogens (tertiary/aromatic N) is 3. The molecule has 1 unspecified atom stereocenters. The lowest BCUT2D eigenvalue weighted by molar-refractivity contribution is -0.130. The number of amides is 1. The Morgan fingerprint density at radius 3 is 2.43 bits per heavy atom. The molecule has 1 N–H and O–H groups in total. The zero-order valence-electron chi connectivity index (χ0n) is 21.4. The third-order valence-electron chi connectivity index (χ3n) is 8.52. The first-order valence-electron chi connectivity index (χ1n) is 13.4. The number of aromatic amines is 1. The number of likely N-dealkylation sites (tertiary alicyclic amines) is 2. The first-order chi connectivity index (χ1) is 17.1. The summed E-state index contributed by atoms with van der Waals surface area (Å²) in [6.45, 7) is 8.55. The standard InChI is InChI=1S/C30H40N4O/c1-24(27-23-31-28-13-7-6-12-26(27)28)22-29(35)32(2)20-21-33-18-14-30(15-19-33,34-16-8-9-17-34)25-10-4-3-5-11-25/h3-7,10-13,23-24,31H,8-9,14-22H2,1-2H3. The van der Waals surface area contributed by atoms with Crippen LogP contribution in [-0.2, 0) is 10.3 Å². The predicted octanol–water partition coefficient (Wildman–Crippen LogP) is 5.21. The van der Waals surface area contributed by atoms with Crippen LogP contribution >= 0.6 is 0 Å². The Morgan fingerprint density at radius 2 is 1.69 bits per heavy atom. The summed E-state index contributed by atoms with van der Waals surface area (Å²) in [5.41, 5.74) is 4.04. The average molecular weight is 473 g/mol. The molecule has 1 amide bonds. The van der Waals surface area contributed by atoms with Gasteiger partial charge < -0.3 is 14.8 Å². The van der Waals surface area contributed by atoms with Crippen LogP contribution in [0, 0.1) is 0 Å². The van der Waals surface area contributed by atoms with E-state index >= 15 is 0 Å². The van der Waals surface area contributed by atoms with Gasteiger partial charge in [-0.1, -0.05) is 55.5 Å². The predicted molar refractivity (Wildman–Crippen MR) is 144 cm³/mol. The SMILES string of the molecule is CC(CC(=O)N(C)CCN1CCC(c2ccccc2)(N2CCCC2)CC1)c1c[nH]c2ccccc12. The van der Waals surface area contributed by atoms with Gasteiger partial charge in [0.1, 0.15) is 0 Å². The maximum absolute atomic E-state index is 13.0. The molecule has 3 aromatic rings. The van der Waals surface area contributed by atoms with Gasteiger partial charge in [0.15, 0.2) is 0 Å². The van der Waals surface area contributed by atoms with Gasteiger partial charge in [0.25, 0.3) is 0 Å². The number of likely N-dealkylation sites (N-methyl/N-ethyl adjacent to an activating group) is 1. The van der Waals surface area contributed by atoms with Gasteiger partial charge in [-0.05, 0) is 61.9 Å². The number of para-hydroxylation sites is 1. The number of fused-ring (bicyclic) bond motifs is 1. The van der Waals surface area contributed by atoms with Crippen molar-refractivity contribution in [3.63, 3.8) is 0 Å². The molecule has 3 heterocycles. The third kappa shape index (κ3) is 5.03. The lowest BCUT2D eigenvalue weighted by atomic mass is 9.79. The summed E-state index contributed by atoms with van der Waals surface area (Å²) in [6.07, 6.45) is 7.60. The normalized spacial score (nSPS) is 19.7.